The van der Waals surface area contributed by atoms with Crippen LogP contribution in [0.5, 0.6) is 0 Å². The van der Waals surface area contributed by atoms with Crippen molar-refractivity contribution < 1.29 is 14.0 Å². The molecule has 5 rings (SSSR count). The lowest BCUT2D eigenvalue weighted by atomic mass is 9.88. The van der Waals surface area contributed by atoms with E-state index in [1.165, 1.54) is 22.9 Å². The predicted octanol–water partition coefficient (Wildman–Crippen LogP) is 3.46. The molecular weight excluding hydrogens is 378 g/mol. The fourth-order valence-electron chi connectivity index (χ4n) is 4.90. The largest absolute Gasteiger partial charge is 0.459 e. The average molecular weight is 405 g/mol. The minimum absolute atomic E-state index is 0.0782. The maximum absolute atomic E-state index is 13.4. The molecule has 0 unspecified atom stereocenters. The van der Waals surface area contributed by atoms with E-state index >= 15 is 0 Å². The smallest absolute Gasteiger partial charge is 0.289 e. The van der Waals surface area contributed by atoms with Crippen LogP contribution in [-0.4, -0.2) is 58.9 Å². The Labute approximate surface area is 176 Å². The van der Waals surface area contributed by atoms with Crippen LogP contribution in [0.2, 0.25) is 0 Å². The summed E-state index contributed by atoms with van der Waals surface area (Å²) in [5, 5.41) is 1.22. The highest BCUT2D eigenvalue weighted by atomic mass is 16.3. The summed E-state index contributed by atoms with van der Waals surface area (Å²) in [4.78, 5) is 29.8. The summed E-state index contributed by atoms with van der Waals surface area (Å²) < 4.78 is 7.20. The summed E-state index contributed by atoms with van der Waals surface area (Å²) in [6.45, 7) is 5.26. The molecule has 3 heterocycles. The molecule has 6 nitrogen and oxygen atoms in total. The number of benzene rings is 1. The highest BCUT2D eigenvalue weighted by Gasteiger charge is 2.28. The second kappa shape index (κ2) is 7.76. The van der Waals surface area contributed by atoms with Crippen molar-refractivity contribution in [2.24, 2.45) is 5.92 Å². The van der Waals surface area contributed by atoms with Crippen molar-refractivity contribution in [2.75, 3.05) is 32.7 Å². The number of carbonyl (C=O) groups is 2. The Bertz CT molecular complexity index is 1070. The first-order valence-electron chi connectivity index (χ1n) is 10.8. The van der Waals surface area contributed by atoms with E-state index in [0.29, 0.717) is 44.4 Å². The predicted molar refractivity (Wildman–Crippen MR) is 115 cm³/mol. The molecule has 1 saturated heterocycles. The normalized spacial score (nSPS) is 19.8. The van der Waals surface area contributed by atoms with Gasteiger partial charge in [0.25, 0.3) is 5.91 Å². The number of carbonyl (C=O) groups excluding carboxylic acids is 2. The van der Waals surface area contributed by atoms with Gasteiger partial charge in [0.1, 0.15) is 0 Å². The van der Waals surface area contributed by atoms with Crippen LogP contribution in [0.4, 0.5) is 0 Å². The summed E-state index contributed by atoms with van der Waals surface area (Å²) in [5.74, 6) is 1.09. The van der Waals surface area contributed by atoms with Crippen molar-refractivity contribution in [3.05, 3.63) is 59.7 Å². The number of aromatic nitrogens is 1. The molecule has 6 heteroatoms. The second-order valence-corrected chi connectivity index (χ2v) is 8.57. The zero-order chi connectivity index (χ0) is 20.7. The van der Waals surface area contributed by atoms with Crippen molar-refractivity contribution in [1.82, 2.24) is 14.4 Å². The third-order valence-electron chi connectivity index (χ3n) is 6.51. The lowest BCUT2D eigenvalue weighted by Crippen LogP contribution is -2.50. The molecule has 1 amide bonds. The fraction of sp³-hybridized carbons (Fsp3) is 0.417. The number of piperazine rings is 1. The molecule has 30 heavy (non-hydrogen) atoms. The van der Waals surface area contributed by atoms with Gasteiger partial charge in [0.15, 0.2) is 5.76 Å². The van der Waals surface area contributed by atoms with Crippen LogP contribution in [0.25, 0.3) is 10.9 Å². The Morgan fingerprint density at radius 1 is 1.07 bits per heavy atom. The molecular formula is C24H27N3O3. The molecule has 1 aliphatic heterocycles. The number of nitrogens with zero attached hydrogens (tertiary/aromatic N) is 3. The van der Waals surface area contributed by atoms with E-state index < -0.39 is 0 Å². The van der Waals surface area contributed by atoms with E-state index in [0.717, 1.165) is 24.8 Å². The number of hydrogen-bond donors (Lipinski definition) is 0. The van der Waals surface area contributed by atoms with Gasteiger partial charge in [-0.3, -0.25) is 19.1 Å². The van der Waals surface area contributed by atoms with Gasteiger partial charge in [-0.2, -0.15) is 0 Å². The topological polar surface area (TPSA) is 58.7 Å². The van der Waals surface area contributed by atoms with Crippen LogP contribution >= 0.6 is 0 Å². The highest BCUT2D eigenvalue weighted by Crippen LogP contribution is 2.34. The first-order chi connectivity index (χ1) is 14.6. The number of amides is 1. The molecule has 1 aliphatic carbocycles. The number of hydrogen-bond acceptors (Lipinski definition) is 4. The lowest BCUT2D eigenvalue weighted by molar-refractivity contribution is 0.0584. The Balaban J connectivity index is 1.31. The van der Waals surface area contributed by atoms with Crippen LogP contribution in [0.15, 0.2) is 47.1 Å². The molecule has 1 atom stereocenters. The molecule has 0 bridgehead atoms. The first kappa shape index (κ1) is 19.1. The van der Waals surface area contributed by atoms with E-state index in [1.807, 2.05) is 10.6 Å². The molecule has 2 aromatic heterocycles. The van der Waals surface area contributed by atoms with Crippen molar-refractivity contribution >= 4 is 22.7 Å². The Hall–Kier alpha value is -2.86. The van der Waals surface area contributed by atoms with E-state index in [1.54, 1.807) is 17.0 Å². The van der Waals surface area contributed by atoms with Gasteiger partial charge < -0.3 is 9.32 Å². The summed E-state index contributed by atoms with van der Waals surface area (Å²) in [6.07, 6.45) is 4.65. The fourth-order valence-corrected chi connectivity index (χ4v) is 4.90. The summed E-state index contributed by atoms with van der Waals surface area (Å²) >= 11 is 0. The summed E-state index contributed by atoms with van der Waals surface area (Å²) in [7, 11) is 0. The van der Waals surface area contributed by atoms with Gasteiger partial charge in [-0.1, -0.05) is 25.1 Å². The molecule has 1 aromatic carbocycles. The summed E-state index contributed by atoms with van der Waals surface area (Å²) in [6, 6.07) is 11.7. The Morgan fingerprint density at radius 2 is 1.87 bits per heavy atom. The van der Waals surface area contributed by atoms with Gasteiger partial charge in [0.05, 0.1) is 18.3 Å². The maximum atomic E-state index is 13.4. The van der Waals surface area contributed by atoms with Gasteiger partial charge in [0.2, 0.25) is 5.91 Å². The molecule has 0 saturated carbocycles. The lowest BCUT2D eigenvalue weighted by Gasteiger charge is -2.34. The standard InChI is InChI=1S/C24H27N3O3/c1-17-8-9-21-19(15-17)18-5-2-3-6-20(18)27(21)23(28)16-25-10-12-26(13-11-25)24(29)22-7-4-14-30-22/h2-7,14,17H,8-13,15-16H2,1H3/t17-/m1/s1. The van der Waals surface area contributed by atoms with E-state index in [9.17, 15) is 9.59 Å². The SMILES string of the molecule is C[C@@H]1CCc2c(c3ccccc3n2C(=O)CN2CCN(C(=O)c3ccco3)CC2)C1. The molecule has 3 aromatic rings. The van der Waals surface area contributed by atoms with Crippen molar-refractivity contribution in [2.45, 2.75) is 26.2 Å². The zero-order valence-electron chi connectivity index (χ0n) is 17.3. The highest BCUT2D eigenvalue weighted by molar-refractivity contribution is 5.97. The van der Waals surface area contributed by atoms with Crippen LogP contribution < -0.4 is 0 Å². The van der Waals surface area contributed by atoms with Crippen LogP contribution in [0.3, 0.4) is 0 Å². The minimum Gasteiger partial charge on any atom is -0.459 e. The van der Waals surface area contributed by atoms with Crippen LogP contribution in [-0.2, 0) is 12.8 Å². The van der Waals surface area contributed by atoms with Crippen molar-refractivity contribution in [3.8, 4) is 0 Å². The molecule has 0 spiro atoms. The van der Waals surface area contributed by atoms with E-state index in [4.69, 9.17) is 4.42 Å². The molecule has 156 valence electrons. The van der Waals surface area contributed by atoms with Crippen molar-refractivity contribution in [3.63, 3.8) is 0 Å². The van der Waals surface area contributed by atoms with Crippen molar-refractivity contribution in [1.29, 1.82) is 0 Å². The number of rotatable bonds is 3. The van der Waals surface area contributed by atoms with Gasteiger partial charge in [-0.05, 0) is 48.9 Å². The number of furan rings is 1. The van der Waals surface area contributed by atoms with Gasteiger partial charge in [-0.25, -0.2) is 0 Å². The first-order valence-corrected chi connectivity index (χ1v) is 10.8. The van der Waals surface area contributed by atoms with E-state index in [-0.39, 0.29) is 11.8 Å². The van der Waals surface area contributed by atoms with E-state index in [2.05, 4.69) is 30.0 Å². The monoisotopic (exact) mass is 405 g/mol. The molecule has 0 radical (unpaired) electrons. The van der Waals surface area contributed by atoms with Gasteiger partial charge >= 0.3 is 0 Å². The van der Waals surface area contributed by atoms with Crippen LogP contribution in [0.1, 0.15) is 40.0 Å². The molecule has 1 fully saturated rings. The molecule has 0 N–H and O–H groups in total. The third kappa shape index (κ3) is 3.35. The van der Waals surface area contributed by atoms with Crippen LogP contribution in [0, 0.1) is 5.92 Å². The third-order valence-corrected chi connectivity index (χ3v) is 6.51. The maximum Gasteiger partial charge on any atom is 0.289 e. The zero-order valence-corrected chi connectivity index (χ0v) is 17.3. The quantitative estimate of drug-likeness (QED) is 0.670. The summed E-state index contributed by atoms with van der Waals surface area (Å²) in [5.41, 5.74) is 3.59. The molecule has 2 aliphatic rings. The van der Waals surface area contributed by atoms with Gasteiger partial charge in [-0.15, -0.1) is 0 Å². The number of fused-ring (bicyclic) bond motifs is 3. The second-order valence-electron chi connectivity index (χ2n) is 8.57. The average Bonchev–Trinajstić information content (AvgIpc) is 3.40. The Morgan fingerprint density at radius 3 is 2.63 bits per heavy atom. The minimum atomic E-state index is -0.0782. The Kier molecular flexibility index (Phi) is 4.95. The van der Waals surface area contributed by atoms with Gasteiger partial charge in [0, 0.05) is 37.3 Å². The number of para-hydroxylation sites is 1.